The molecule has 0 heterocycles. The zero-order valence-electron chi connectivity index (χ0n) is 11.9. The van der Waals surface area contributed by atoms with Crippen LogP contribution in [0.2, 0.25) is 0 Å². The van der Waals surface area contributed by atoms with Crippen molar-refractivity contribution in [2.24, 2.45) is 4.99 Å². The monoisotopic (exact) mass is 324 g/mol. The van der Waals surface area contributed by atoms with E-state index < -0.39 is 16.8 Å². The average Bonchev–Trinajstić information content (AvgIpc) is 2.52. The molecule has 0 saturated heterocycles. The van der Waals surface area contributed by atoms with Gasteiger partial charge in [0.2, 0.25) is 0 Å². The standard InChI is InChI=1S/C15H11F3N2O3/c1-23-13-8-2-10(3-9-13)14(15(16,17)18)19-11-4-6-12(7-5-11)20(21)22/h2-9H,1H3. The van der Waals surface area contributed by atoms with Crippen molar-refractivity contribution in [1.82, 2.24) is 0 Å². The Bertz CT molecular complexity index is 723. The van der Waals surface area contributed by atoms with Crippen molar-refractivity contribution in [3.05, 3.63) is 64.2 Å². The van der Waals surface area contributed by atoms with Gasteiger partial charge in [-0.2, -0.15) is 13.2 Å². The van der Waals surface area contributed by atoms with Gasteiger partial charge >= 0.3 is 6.18 Å². The molecule has 0 aliphatic carbocycles. The number of hydrogen-bond donors (Lipinski definition) is 0. The minimum absolute atomic E-state index is 0.0289. The fraction of sp³-hybridized carbons (Fsp3) is 0.133. The molecular formula is C15H11F3N2O3. The Morgan fingerprint density at radius 2 is 1.65 bits per heavy atom. The van der Waals surface area contributed by atoms with Crippen molar-refractivity contribution in [3.8, 4) is 5.75 Å². The molecule has 5 nitrogen and oxygen atoms in total. The highest BCUT2D eigenvalue weighted by Gasteiger charge is 2.36. The van der Waals surface area contributed by atoms with Gasteiger partial charge < -0.3 is 4.74 Å². The normalized spacial score (nSPS) is 12.1. The third-order valence-corrected chi connectivity index (χ3v) is 2.93. The van der Waals surface area contributed by atoms with Crippen molar-refractivity contribution >= 4 is 17.1 Å². The summed E-state index contributed by atoms with van der Waals surface area (Å²) in [6.45, 7) is 0. The minimum Gasteiger partial charge on any atom is -0.497 e. The van der Waals surface area contributed by atoms with Crippen molar-refractivity contribution in [2.75, 3.05) is 7.11 Å². The summed E-state index contributed by atoms with van der Waals surface area (Å²) in [7, 11) is 1.41. The summed E-state index contributed by atoms with van der Waals surface area (Å²) in [5.74, 6) is 0.422. The Hall–Kier alpha value is -2.90. The highest BCUT2D eigenvalue weighted by Crippen LogP contribution is 2.27. The van der Waals surface area contributed by atoms with Crippen LogP contribution in [0.3, 0.4) is 0 Å². The van der Waals surface area contributed by atoms with Crippen LogP contribution in [0, 0.1) is 10.1 Å². The van der Waals surface area contributed by atoms with Gasteiger partial charge in [-0.15, -0.1) is 0 Å². The van der Waals surface area contributed by atoms with E-state index in [1.165, 1.54) is 31.4 Å². The number of alkyl halides is 3. The molecule has 2 aromatic carbocycles. The van der Waals surface area contributed by atoms with E-state index in [9.17, 15) is 23.3 Å². The molecule has 0 aliphatic heterocycles. The molecule has 2 rings (SSSR count). The van der Waals surface area contributed by atoms with Crippen LogP contribution in [0.5, 0.6) is 5.75 Å². The number of rotatable bonds is 4. The van der Waals surface area contributed by atoms with Gasteiger partial charge in [0.15, 0.2) is 5.71 Å². The zero-order chi connectivity index (χ0) is 17.0. The molecule has 0 bridgehead atoms. The number of aliphatic imine (C=N–C) groups is 1. The molecule has 0 amide bonds. The molecule has 23 heavy (non-hydrogen) atoms. The molecule has 120 valence electrons. The van der Waals surface area contributed by atoms with E-state index in [0.717, 1.165) is 24.3 Å². The largest absolute Gasteiger partial charge is 0.497 e. The molecule has 0 N–H and O–H groups in total. The van der Waals surface area contributed by atoms with Crippen molar-refractivity contribution in [3.63, 3.8) is 0 Å². The fourth-order valence-corrected chi connectivity index (χ4v) is 1.82. The second-order valence-corrected chi connectivity index (χ2v) is 4.46. The van der Waals surface area contributed by atoms with Gasteiger partial charge in [0.05, 0.1) is 17.7 Å². The van der Waals surface area contributed by atoms with E-state index >= 15 is 0 Å². The number of hydrogen-bond acceptors (Lipinski definition) is 4. The number of halogens is 3. The average molecular weight is 324 g/mol. The van der Waals surface area contributed by atoms with E-state index in [1.54, 1.807) is 0 Å². The van der Waals surface area contributed by atoms with Gasteiger partial charge in [-0.05, 0) is 36.4 Å². The summed E-state index contributed by atoms with van der Waals surface area (Å²) in [6, 6.07) is 9.80. The maximum atomic E-state index is 13.2. The molecule has 0 atom stereocenters. The van der Waals surface area contributed by atoms with E-state index in [-0.39, 0.29) is 16.9 Å². The summed E-state index contributed by atoms with van der Waals surface area (Å²) < 4.78 is 44.5. The van der Waals surface area contributed by atoms with Crippen LogP contribution in [-0.2, 0) is 0 Å². The van der Waals surface area contributed by atoms with Gasteiger partial charge in [0.1, 0.15) is 5.75 Å². The van der Waals surface area contributed by atoms with Gasteiger partial charge in [-0.25, -0.2) is 4.99 Å². The van der Waals surface area contributed by atoms with Gasteiger partial charge in [0.25, 0.3) is 5.69 Å². The molecule has 2 aromatic rings. The Morgan fingerprint density at radius 3 is 2.09 bits per heavy atom. The number of non-ortho nitro benzene ring substituents is 1. The topological polar surface area (TPSA) is 64.7 Å². The highest BCUT2D eigenvalue weighted by atomic mass is 19.4. The van der Waals surface area contributed by atoms with Crippen LogP contribution in [0.1, 0.15) is 5.56 Å². The number of nitro groups is 1. The lowest BCUT2D eigenvalue weighted by atomic mass is 10.1. The van der Waals surface area contributed by atoms with Gasteiger partial charge in [-0.3, -0.25) is 10.1 Å². The Labute approximate surface area is 129 Å². The molecule has 0 unspecified atom stereocenters. The second-order valence-electron chi connectivity index (χ2n) is 4.46. The molecule has 0 aromatic heterocycles. The van der Waals surface area contributed by atoms with Crippen molar-refractivity contribution in [1.29, 1.82) is 0 Å². The van der Waals surface area contributed by atoms with Crippen LogP contribution in [0.4, 0.5) is 24.5 Å². The predicted octanol–water partition coefficient (Wildman–Crippen LogP) is 4.29. The first kappa shape index (κ1) is 16.5. The van der Waals surface area contributed by atoms with Crippen molar-refractivity contribution < 1.29 is 22.8 Å². The molecule has 8 heteroatoms. The lowest BCUT2D eigenvalue weighted by molar-refractivity contribution is -0.384. The molecule has 0 aliphatic rings. The molecule has 0 fully saturated rings. The minimum atomic E-state index is -4.67. The number of methoxy groups -OCH3 is 1. The lowest BCUT2D eigenvalue weighted by Gasteiger charge is -2.11. The van der Waals surface area contributed by atoms with Gasteiger partial charge in [0, 0.05) is 17.7 Å². The second kappa shape index (κ2) is 6.47. The number of ether oxygens (including phenoxy) is 1. The van der Waals surface area contributed by atoms with E-state index in [1.807, 2.05) is 0 Å². The summed E-state index contributed by atoms with van der Waals surface area (Å²) >= 11 is 0. The van der Waals surface area contributed by atoms with Crippen molar-refractivity contribution in [2.45, 2.75) is 6.18 Å². The first-order chi connectivity index (χ1) is 10.8. The first-order valence-corrected chi connectivity index (χ1v) is 6.36. The summed E-state index contributed by atoms with van der Waals surface area (Å²) in [5.41, 5.74) is -1.47. The molecular weight excluding hydrogens is 313 g/mol. The number of nitro benzene ring substituents is 1. The predicted molar refractivity (Wildman–Crippen MR) is 78.3 cm³/mol. The van der Waals surface area contributed by atoms with Crippen LogP contribution in [0.25, 0.3) is 0 Å². The third-order valence-electron chi connectivity index (χ3n) is 2.93. The first-order valence-electron chi connectivity index (χ1n) is 6.36. The maximum Gasteiger partial charge on any atom is 0.433 e. The third kappa shape index (κ3) is 4.06. The fourth-order valence-electron chi connectivity index (χ4n) is 1.82. The zero-order valence-corrected chi connectivity index (χ0v) is 11.9. The quantitative estimate of drug-likeness (QED) is 0.479. The van der Waals surface area contributed by atoms with Crippen LogP contribution < -0.4 is 4.74 Å². The summed E-state index contributed by atoms with van der Waals surface area (Å²) in [6.07, 6.45) is -4.67. The van der Waals surface area contributed by atoms with E-state index in [4.69, 9.17) is 4.74 Å². The molecule has 0 radical (unpaired) electrons. The Kier molecular flexibility index (Phi) is 4.63. The number of nitrogens with zero attached hydrogens (tertiary/aromatic N) is 2. The lowest BCUT2D eigenvalue weighted by Crippen LogP contribution is -2.23. The summed E-state index contributed by atoms with van der Waals surface area (Å²) in [5, 5.41) is 10.6. The Morgan fingerprint density at radius 1 is 1.09 bits per heavy atom. The van der Waals surface area contributed by atoms with Crippen LogP contribution in [-0.4, -0.2) is 23.9 Å². The molecule has 0 saturated carbocycles. The van der Waals surface area contributed by atoms with E-state index in [2.05, 4.69) is 4.99 Å². The van der Waals surface area contributed by atoms with Gasteiger partial charge in [-0.1, -0.05) is 0 Å². The smallest absolute Gasteiger partial charge is 0.433 e. The maximum absolute atomic E-state index is 13.2. The number of benzene rings is 2. The highest BCUT2D eigenvalue weighted by molar-refractivity contribution is 6.06. The SMILES string of the molecule is COc1ccc(C(=Nc2ccc([N+](=O)[O-])cc2)C(F)(F)F)cc1. The Balaban J connectivity index is 2.43. The van der Waals surface area contributed by atoms with Crippen LogP contribution in [0.15, 0.2) is 53.5 Å². The molecule has 0 spiro atoms. The van der Waals surface area contributed by atoms with Crippen LogP contribution >= 0.6 is 0 Å². The van der Waals surface area contributed by atoms with E-state index in [0.29, 0.717) is 5.75 Å². The summed E-state index contributed by atoms with van der Waals surface area (Å²) in [4.78, 5) is 13.5.